The minimum atomic E-state index is -2.67. The zero-order valence-electron chi connectivity index (χ0n) is 22.1. The zero-order chi connectivity index (χ0) is 27.0. The molecule has 1 fully saturated rings. The van der Waals surface area contributed by atoms with Gasteiger partial charge in [-0.15, -0.1) is 0 Å². The summed E-state index contributed by atoms with van der Waals surface area (Å²) in [6.45, 7) is 4.59. The van der Waals surface area contributed by atoms with Crippen LogP contribution < -0.4 is 15.5 Å². The summed E-state index contributed by atoms with van der Waals surface area (Å²) >= 11 is 0. The number of aromatic nitrogens is 2. The molecule has 0 aliphatic carbocycles. The largest absolute Gasteiger partial charge is 0.385 e. The maximum atomic E-state index is 14.3. The van der Waals surface area contributed by atoms with Gasteiger partial charge in [-0.3, -0.25) is 10.1 Å². The Kier molecular flexibility index (Phi) is 7.38. The molecule has 1 aromatic carbocycles. The summed E-state index contributed by atoms with van der Waals surface area (Å²) in [6, 6.07) is 3.42. The van der Waals surface area contributed by atoms with Crippen molar-refractivity contribution >= 4 is 17.6 Å². The molecule has 3 aliphatic rings. The van der Waals surface area contributed by atoms with Gasteiger partial charge in [0, 0.05) is 86.6 Å². The first kappa shape index (κ1) is 26.1. The molecule has 1 aromatic heterocycles. The first-order valence-electron chi connectivity index (χ1n) is 13.1. The van der Waals surface area contributed by atoms with Gasteiger partial charge in [-0.2, -0.15) is 5.10 Å². The molecular weight excluding hydrogens is 492 g/mol. The maximum absolute atomic E-state index is 14.3. The third-order valence-electron chi connectivity index (χ3n) is 7.91. The zero-order valence-corrected chi connectivity index (χ0v) is 22.1. The summed E-state index contributed by atoms with van der Waals surface area (Å²) in [5.41, 5.74) is 5.17. The second kappa shape index (κ2) is 10.7. The van der Waals surface area contributed by atoms with Gasteiger partial charge >= 0.3 is 6.03 Å². The molecule has 0 spiro atoms. The summed E-state index contributed by atoms with van der Waals surface area (Å²) in [6.07, 6.45) is 1.96. The summed E-state index contributed by atoms with van der Waals surface area (Å²) in [5, 5.41) is 19.8. The molecule has 0 radical (unpaired) electrons. The molecule has 0 bridgehead atoms. The van der Waals surface area contributed by atoms with Crippen LogP contribution in [-0.2, 0) is 18.2 Å². The van der Waals surface area contributed by atoms with Crippen LogP contribution in [0.15, 0.2) is 29.6 Å². The van der Waals surface area contributed by atoms with Gasteiger partial charge in [-0.05, 0) is 49.4 Å². The first-order valence-corrected chi connectivity index (χ1v) is 13.1. The van der Waals surface area contributed by atoms with Crippen LogP contribution in [0.2, 0.25) is 0 Å². The lowest BCUT2D eigenvalue weighted by molar-refractivity contribution is 0.0798. The molecule has 38 heavy (non-hydrogen) atoms. The van der Waals surface area contributed by atoms with E-state index in [-0.39, 0.29) is 30.0 Å². The van der Waals surface area contributed by atoms with Crippen molar-refractivity contribution in [1.29, 1.82) is 5.41 Å². The monoisotopic (exact) mass is 527 g/mol. The Morgan fingerprint density at radius 2 is 1.95 bits per heavy atom. The molecule has 2 amide bonds. The summed E-state index contributed by atoms with van der Waals surface area (Å²) in [5.74, 6) is 0.248. The van der Waals surface area contributed by atoms with Crippen LogP contribution >= 0.6 is 0 Å². The number of rotatable bonds is 5. The number of ether oxygens (including phenoxy) is 1. The van der Waals surface area contributed by atoms with Gasteiger partial charge in [0.1, 0.15) is 5.84 Å². The van der Waals surface area contributed by atoms with E-state index >= 15 is 0 Å². The average molecular weight is 528 g/mol. The summed E-state index contributed by atoms with van der Waals surface area (Å²) < 4.78 is 35.8. The number of hydrogen-bond donors (Lipinski definition) is 3. The standard InChI is InChI=1S/C27H35F2N7O2/c1-16-21(14-32-34(16)3)19-12-17-4-9-36(24(17)13-20(19)25(28)29)26(30)22-15-35(27(37)31-2)8-5-23(22)33-18-6-10-38-11-7-18/h12-14,18,25,30,33H,4-11,15H2,1-3H3,(H,31,37). The second-order valence-electron chi connectivity index (χ2n) is 10.1. The first-order chi connectivity index (χ1) is 18.3. The fourth-order valence-electron chi connectivity index (χ4n) is 5.59. The topological polar surface area (TPSA) is 98.5 Å². The van der Waals surface area contributed by atoms with E-state index < -0.39 is 6.43 Å². The summed E-state index contributed by atoms with van der Waals surface area (Å²) in [7, 11) is 3.39. The number of nitrogens with one attached hydrogen (secondary N) is 3. The van der Waals surface area contributed by atoms with Crippen molar-refractivity contribution in [3.8, 4) is 11.1 Å². The Morgan fingerprint density at radius 3 is 2.61 bits per heavy atom. The lowest BCUT2D eigenvalue weighted by Gasteiger charge is -2.36. The molecule has 3 aliphatic heterocycles. The third-order valence-corrected chi connectivity index (χ3v) is 7.91. The van der Waals surface area contributed by atoms with Gasteiger partial charge < -0.3 is 25.2 Å². The van der Waals surface area contributed by atoms with Crippen molar-refractivity contribution in [1.82, 2.24) is 25.3 Å². The molecule has 11 heteroatoms. The van der Waals surface area contributed by atoms with Crippen molar-refractivity contribution in [2.24, 2.45) is 7.05 Å². The lowest BCUT2D eigenvalue weighted by atomic mass is 9.96. The quantitative estimate of drug-likeness (QED) is 0.407. The fourth-order valence-corrected chi connectivity index (χ4v) is 5.59. The number of fused-ring (bicyclic) bond motifs is 1. The summed E-state index contributed by atoms with van der Waals surface area (Å²) in [4.78, 5) is 16.0. The average Bonchev–Trinajstić information content (AvgIpc) is 3.50. The number of anilines is 1. The van der Waals surface area contributed by atoms with Crippen molar-refractivity contribution < 1.29 is 18.3 Å². The van der Waals surface area contributed by atoms with Crippen molar-refractivity contribution in [2.45, 2.75) is 45.1 Å². The minimum absolute atomic E-state index is 0.0651. The van der Waals surface area contributed by atoms with Crippen molar-refractivity contribution in [3.63, 3.8) is 0 Å². The molecule has 9 nitrogen and oxygen atoms in total. The molecule has 5 rings (SSSR count). The number of urea groups is 1. The molecule has 0 atom stereocenters. The van der Waals surface area contributed by atoms with E-state index in [2.05, 4.69) is 15.7 Å². The molecule has 1 saturated heterocycles. The maximum Gasteiger partial charge on any atom is 0.317 e. The highest BCUT2D eigenvalue weighted by Gasteiger charge is 2.33. The van der Waals surface area contributed by atoms with E-state index in [0.29, 0.717) is 56.0 Å². The molecule has 0 saturated carbocycles. The number of amidine groups is 1. The lowest BCUT2D eigenvalue weighted by Crippen LogP contribution is -2.48. The van der Waals surface area contributed by atoms with E-state index in [9.17, 15) is 19.0 Å². The molecular formula is C27H35F2N7O2. The Balaban J connectivity index is 1.50. The molecule has 204 valence electrons. The number of hydrogen-bond acceptors (Lipinski definition) is 5. The number of halogens is 2. The highest BCUT2D eigenvalue weighted by atomic mass is 19.3. The SMILES string of the molecule is CNC(=O)N1CCC(NC2CCOCC2)=C(C(=N)N2CCc3cc(-c4cnn(C)c4C)c(C(F)F)cc32)C1. The fraction of sp³-hybridized carbons (Fsp3) is 0.519. The smallest absolute Gasteiger partial charge is 0.317 e. The predicted octanol–water partition coefficient (Wildman–Crippen LogP) is 3.74. The van der Waals surface area contributed by atoms with Crippen LogP contribution in [0.4, 0.5) is 19.3 Å². The Labute approximate surface area is 221 Å². The number of amides is 2. The van der Waals surface area contributed by atoms with Gasteiger partial charge in [-0.1, -0.05) is 0 Å². The Bertz CT molecular complexity index is 1270. The van der Waals surface area contributed by atoms with Gasteiger partial charge in [0.2, 0.25) is 0 Å². The van der Waals surface area contributed by atoms with Crippen LogP contribution in [0.3, 0.4) is 0 Å². The molecule has 2 aromatic rings. The number of carbonyl (C=O) groups is 1. The number of alkyl halides is 2. The third kappa shape index (κ3) is 4.87. The molecule has 0 unspecified atom stereocenters. The van der Waals surface area contributed by atoms with Crippen molar-refractivity contribution in [3.05, 3.63) is 46.4 Å². The van der Waals surface area contributed by atoms with Gasteiger partial charge in [0.05, 0.1) is 12.7 Å². The van der Waals surface area contributed by atoms with E-state index in [1.165, 1.54) is 6.07 Å². The van der Waals surface area contributed by atoms with E-state index in [4.69, 9.17) is 4.74 Å². The number of aryl methyl sites for hydroxylation is 1. The van der Waals surface area contributed by atoms with Crippen LogP contribution in [0.1, 0.15) is 42.5 Å². The normalized spacial score (nSPS) is 18.3. The van der Waals surface area contributed by atoms with Gasteiger partial charge in [-0.25, -0.2) is 13.6 Å². The highest BCUT2D eigenvalue weighted by molar-refractivity contribution is 6.10. The minimum Gasteiger partial charge on any atom is -0.385 e. The van der Waals surface area contributed by atoms with Crippen molar-refractivity contribution in [2.75, 3.05) is 44.8 Å². The van der Waals surface area contributed by atoms with Crippen LogP contribution in [0, 0.1) is 12.3 Å². The number of benzene rings is 1. The second-order valence-corrected chi connectivity index (χ2v) is 10.1. The Morgan fingerprint density at radius 1 is 1.18 bits per heavy atom. The number of nitrogens with zero attached hydrogens (tertiary/aromatic N) is 4. The van der Waals surface area contributed by atoms with E-state index in [1.54, 1.807) is 29.9 Å². The van der Waals surface area contributed by atoms with E-state index in [1.807, 2.05) is 17.9 Å². The highest BCUT2D eigenvalue weighted by Crippen LogP contribution is 2.41. The Hall–Kier alpha value is -3.47. The van der Waals surface area contributed by atoms with Crippen LogP contribution in [-0.4, -0.2) is 72.5 Å². The van der Waals surface area contributed by atoms with E-state index in [0.717, 1.165) is 35.4 Å². The van der Waals surface area contributed by atoms with Crippen LogP contribution in [0.5, 0.6) is 0 Å². The molecule has 4 heterocycles. The molecule has 3 N–H and O–H groups in total. The van der Waals surface area contributed by atoms with Gasteiger partial charge in [0.25, 0.3) is 6.43 Å². The number of carbonyl (C=O) groups excluding carboxylic acids is 1. The van der Waals surface area contributed by atoms with Gasteiger partial charge in [0.15, 0.2) is 0 Å². The van der Waals surface area contributed by atoms with Crippen LogP contribution in [0.25, 0.3) is 11.1 Å². The predicted molar refractivity (Wildman–Crippen MR) is 142 cm³/mol.